The Labute approximate surface area is 141 Å². The molecule has 1 aromatic carbocycles. The van der Waals surface area contributed by atoms with Crippen molar-refractivity contribution in [2.75, 3.05) is 0 Å². The number of sulfonamides is 1. The van der Waals surface area contributed by atoms with E-state index in [0.29, 0.717) is 4.90 Å². The highest BCUT2D eigenvalue weighted by Crippen LogP contribution is 2.47. The van der Waals surface area contributed by atoms with Crippen LogP contribution in [-0.4, -0.2) is 12.7 Å². The molecule has 1 unspecified atom stereocenters. The summed E-state index contributed by atoms with van der Waals surface area (Å²) in [5, 5.41) is 0. The highest BCUT2D eigenvalue weighted by Gasteiger charge is 2.46. The zero-order valence-corrected chi connectivity index (χ0v) is 15.4. The average Bonchev–Trinajstić information content (AvgIpc) is 2.71. The number of fused-ring (bicyclic) bond motifs is 1. The summed E-state index contributed by atoms with van der Waals surface area (Å²) in [6.07, 6.45) is 5.33. The minimum Gasteiger partial charge on any atom is -0.216 e. The Morgan fingerprint density at radius 2 is 1.83 bits per heavy atom. The van der Waals surface area contributed by atoms with Crippen molar-refractivity contribution >= 4 is 10.0 Å². The SMILES string of the molecule is CCCCCCC#CN1C(C(C)(C)C)c2ccccc2S1(=O)=O. The maximum Gasteiger partial charge on any atom is 0.271 e. The van der Waals surface area contributed by atoms with Gasteiger partial charge in [0.25, 0.3) is 10.0 Å². The van der Waals surface area contributed by atoms with Crippen LogP contribution < -0.4 is 0 Å². The summed E-state index contributed by atoms with van der Waals surface area (Å²) in [5.74, 6) is 3.08. The number of nitrogens with zero attached hydrogens (tertiary/aromatic N) is 1. The van der Waals surface area contributed by atoms with E-state index in [1.807, 2.05) is 12.1 Å². The Kier molecular flexibility index (Phi) is 5.41. The fourth-order valence-electron chi connectivity index (χ4n) is 3.03. The Balaban J connectivity index is 2.29. The zero-order valence-electron chi connectivity index (χ0n) is 14.6. The van der Waals surface area contributed by atoms with Gasteiger partial charge < -0.3 is 0 Å². The molecule has 1 atom stereocenters. The van der Waals surface area contributed by atoms with Gasteiger partial charge in [0.15, 0.2) is 0 Å². The van der Waals surface area contributed by atoms with Crippen molar-refractivity contribution in [2.45, 2.75) is 70.7 Å². The second kappa shape index (κ2) is 6.97. The van der Waals surface area contributed by atoms with E-state index in [0.717, 1.165) is 24.8 Å². The van der Waals surface area contributed by atoms with Crippen molar-refractivity contribution in [2.24, 2.45) is 5.41 Å². The van der Waals surface area contributed by atoms with Gasteiger partial charge in [-0.3, -0.25) is 0 Å². The van der Waals surface area contributed by atoms with E-state index in [1.165, 1.54) is 17.1 Å². The predicted octanol–water partition coefficient (Wildman–Crippen LogP) is 4.71. The molecule has 1 aliphatic heterocycles. The van der Waals surface area contributed by atoms with Gasteiger partial charge in [0.2, 0.25) is 0 Å². The first-order valence-corrected chi connectivity index (χ1v) is 9.86. The number of rotatable bonds is 4. The first kappa shape index (κ1) is 17.9. The third kappa shape index (κ3) is 3.72. The summed E-state index contributed by atoms with van der Waals surface area (Å²) < 4.78 is 27.0. The largest absolute Gasteiger partial charge is 0.271 e. The molecule has 1 aromatic rings. The summed E-state index contributed by atoms with van der Waals surface area (Å²) >= 11 is 0. The quantitative estimate of drug-likeness (QED) is 0.591. The third-order valence-electron chi connectivity index (χ3n) is 4.15. The Hall–Kier alpha value is -1.47. The maximum absolute atomic E-state index is 12.8. The smallest absolute Gasteiger partial charge is 0.216 e. The summed E-state index contributed by atoms with van der Waals surface area (Å²) in [6.45, 7) is 8.36. The molecule has 0 amide bonds. The maximum atomic E-state index is 12.8. The van der Waals surface area contributed by atoms with Gasteiger partial charge in [-0.15, -0.1) is 0 Å². The fourth-order valence-corrected chi connectivity index (χ4v) is 4.86. The van der Waals surface area contributed by atoms with Gasteiger partial charge in [0.1, 0.15) is 0 Å². The lowest BCUT2D eigenvalue weighted by molar-refractivity contribution is 0.233. The Bertz CT molecular complexity index is 705. The van der Waals surface area contributed by atoms with E-state index in [1.54, 1.807) is 12.1 Å². The normalized spacial score (nSPS) is 19.1. The van der Waals surface area contributed by atoms with Crippen LogP contribution in [0.1, 0.15) is 71.4 Å². The molecule has 0 spiro atoms. The van der Waals surface area contributed by atoms with E-state index in [9.17, 15) is 8.42 Å². The molecule has 0 bridgehead atoms. The van der Waals surface area contributed by atoms with Gasteiger partial charge >= 0.3 is 0 Å². The summed E-state index contributed by atoms with van der Waals surface area (Å²) in [6, 6.07) is 9.99. The van der Waals surface area contributed by atoms with Crippen LogP contribution in [0.15, 0.2) is 29.2 Å². The van der Waals surface area contributed by atoms with E-state index in [2.05, 4.69) is 39.7 Å². The third-order valence-corrected chi connectivity index (χ3v) is 5.90. The molecule has 0 fully saturated rings. The molecule has 1 aliphatic rings. The average molecular weight is 333 g/mol. The Morgan fingerprint density at radius 3 is 2.48 bits per heavy atom. The second-order valence-electron chi connectivity index (χ2n) is 7.21. The molecular weight excluding hydrogens is 306 g/mol. The van der Waals surface area contributed by atoms with E-state index >= 15 is 0 Å². The standard InChI is InChI=1S/C19H27NO2S/c1-5-6-7-8-9-12-15-20-18(19(2,3)4)16-13-10-11-14-17(16)23(20,21)22/h10-11,13-14,18H,5-9H2,1-4H3. The van der Waals surface area contributed by atoms with Gasteiger partial charge in [-0.1, -0.05) is 71.1 Å². The molecule has 2 rings (SSSR count). The van der Waals surface area contributed by atoms with Crippen molar-refractivity contribution in [3.63, 3.8) is 0 Å². The summed E-state index contributed by atoms with van der Waals surface area (Å²) in [4.78, 5) is 0.403. The lowest BCUT2D eigenvalue weighted by atomic mass is 9.82. The molecule has 0 saturated heterocycles. The van der Waals surface area contributed by atoms with Crippen LogP contribution in [0.25, 0.3) is 0 Å². The van der Waals surface area contributed by atoms with Crippen LogP contribution in [0, 0.1) is 17.4 Å². The van der Waals surface area contributed by atoms with Gasteiger partial charge in [-0.05, 0) is 23.5 Å². The van der Waals surface area contributed by atoms with Crippen molar-refractivity contribution in [3.05, 3.63) is 29.8 Å². The zero-order chi connectivity index (χ0) is 17.1. The van der Waals surface area contributed by atoms with Crippen molar-refractivity contribution in [3.8, 4) is 12.0 Å². The molecular formula is C19H27NO2S. The predicted molar refractivity (Wildman–Crippen MR) is 94.2 cm³/mol. The van der Waals surface area contributed by atoms with E-state index in [4.69, 9.17) is 0 Å². The molecule has 23 heavy (non-hydrogen) atoms. The van der Waals surface area contributed by atoms with Gasteiger partial charge in [0.05, 0.1) is 10.9 Å². The molecule has 0 N–H and O–H groups in total. The first-order chi connectivity index (χ1) is 10.8. The van der Waals surface area contributed by atoms with Crippen molar-refractivity contribution in [1.29, 1.82) is 0 Å². The number of hydrogen-bond donors (Lipinski definition) is 0. The van der Waals surface area contributed by atoms with Crippen molar-refractivity contribution in [1.82, 2.24) is 4.31 Å². The lowest BCUT2D eigenvalue weighted by Crippen LogP contribution is -2.31. The molecule has 1 heterocycles. The number of benzene rings is 1. The van der Waals surface area contributed by atoms with Gasteiger partial charge in [-0.25, -0.2) is 12.7 Å². The summed E-state index contributed by atoms with van der Waals surface area (Å²) in [5.41, 5.74) is 0.650. The van der Waals surface area contributed by atoms with Crippen LogP contribution in [0.2, 0.25) is 0 Å². The minimum atomic E-state index is -3.52. The molecule has 0 aliphatic carbocycles. The van der Waals surface area contributed by atoms with Gasteiger partial charge in [-0.2, -0.15) is 0 Å². The Morgan fingerprint density at radius 1 is 1.13 bits per heavy atom. The second-order valence-corrected chi connectivity index (χ2v) is 8.99. The van der Waals surface area contributed by atoms with E-state index in [-0.39, 0.29) is 11.5 Å². The summed E-state index contributed by atoms with van der Waals surface area (Å²) in [7, 11) is -3.52. The van der Waals surface area contributed by atoms with Crippen LogP contribution in [0.3, 0.4) is 0 Å². The topological polar surface area (TPSA) is 37.4 Å². The first-order valence-electron chi connectivity index (χ1n) is 8.42. The number of unbranched alkanes of at least 4 members (excludes halogenated alkanes) is 4. The monoisotopic (exact) mass is 333 g/mol. The fraction of sp³-hybridized carbons (Fsp3) is 0.579. The highest BCUT2D eigenvalue weighted by atomic mass is 32.2. The molecule has 0 aromatic heterocycles. The van der Waals surface area contributed by atoms with Crippen LogP contribution >= 0.6 is 0 Å². The molecule has 0 saturated carbocycles. The van der Waals surface area contributed by atoms with Crippen LogP contribution in [-0.2, 0) is 10.0 Å². The van der Waals surface area contributed by atoms with Crippen molar-refractivity contribution < 1.29 is 8.42 Å². The van der Waals surface area contributed by atoms with Gasteiger partial charge in [0, 0.05) is 12.5 Å². The van der Waals surface area contributed by atoms with E-state index < -0.39 is 10.0 Å². The number of hydrogen-bond acceptors (Lipinski definition) is 2. The molecule has 3 nitrogen and oxygen atoms in total. The minimum absolute atomic E-state index is 0.212. The molecule has 4 heteroatoms. The lowest BCUT2D eigenvalue weighted by Gasteiger charge is -2.31. The molecule has 0 radical (unpaired) electrons. The van der Waals surface area contributed by atoms with Crippen LogP contribution in [0.4, 0.5) is 0 Å². The molecule has 126 valence electrons. The van der Waals surface area contributed by atoms with Crippen LogP contribution in [0.5, 0.6) is 0 Å². The highest BCUT2D eigenvalue weighted by molar-refractivity contribution is 7.89.